The first-order valence-electron chi connectivity index (χ1n) is 13.7. The molecule has 2 aliphatic heterocycles. The average Bonchev–Trinajstić information content (AvgIpc) is 2.96. The van der Waals surface area contributed by atoms with Crippen molar-refractivity contribution in [3.8, 4) is 11.6 Å². The number of benzene rings is 2. The van der Waals surface area contributed by atoms with Crippen molar-refractivity contribution < 1.29 is 14.5 Å². The molecule has 1 aromatic heterocycles. The number of hydrogen-bond donors (Lipinski definition) is 2. The van der Waals surface area contributed by atoms with Gasteiger partial charge >= 0.3 is 0 Å². The standard InChI is InChI=1S/C29H35N7O4/c1-3-24-28(40-23-6-4-5-22(19-23)36(38)39)33-27(25(32-24)26(30)37)31-20-7-9-21(10-8-20)35-17-13-29(14-18-35)11-15-34(2)16-12-29/h4-10,19H,3,11-18H2,1-2H3,(H2,30,37)(H,31,33). The summed E-state index contributed by atoms with van der Waals surface area (Å²) in [6, 6.07) is 13.8. The predicted octanol–water partition coefficient (Wildman–Crippen LogP) is 4.89. The molecule has 5 rings (SSSR count). The van der Waals surface area contributed by atoms with Crippen molar-refractivity contribution in [2.24, 2.45) is 11.1 Å². The Hall–Kier alpha value is -4.25. The van der Waals surface area contributed by atoms with Crippen molar-refractivity contribution in [1.29, 1.82) is 0 Å². The monoisotopic (exact) mass is 545 g/mol. The number of carbonyl (C=O) groups is 1. The lowest BCUT2D eigenvalue weighted by Gasteiger charge is -2.46. The molecule has 11 nitrogen and oxygen atoms in total. The molecule has 11 heteroatoms. The fourth-order valence-electron chi connectivity index (χ4n) is 5.52. The Bertz CT molecular complexity index is 1380. The number of nitrogens with two attached hydrogens (primary N) is 1. The number of piperidine rings is 2. The quantitative estimate of drug-likeness (QED) is 0.299. The Labute approximate surface area is 233 Å². The number of likely N-dealkylation sites (tertiary alicyclic amines) is 1. The highest BCUT2D eigenvalue weighted by Crippen LogP contribution is 2.42. The van der Waals surface area contributed by atoms with E-state index in [4.69, 9.17) is 10.5 Å². The number of nitro groups is 1. The second-order valence-electron chi connectivity index (χ2n) is 10.7. The molecule has 0 radical (unpaired) electrons. The van der Waals surface area contributed by atoms with Crippen LogP contribution in [-0.4, -0.2) is 58.9 Å². The van der Waals surface area contributed by atoms with Crippen LogP contribution in [0, 0.1) is 15.5 Å². The third-order valence-corrected chi connectivity index (χ3v) is 8.11. The maximum atomic E-state index is 12.2. The lowest BCUT2D eigenvalue weighted by molar-refractivity contribution is -0.384. The molecule has 2 fully saturated rings. The number of anilines is 3. The smallest absolute Gasteiger partial charge is 0.273 e. The van der Waals surface area contributed by atoms with Crippen LogP contribution < -0.4 is 20.7 Å². The van der Waals surface area contributed by atoms with Gasteiger partial charge in [0, 0.05) is 30.5 Å². The minimum absolute atomic E-state index is 0.00762. The van der Waals surface area contributed by atoms with E-state index in [0.717, 1.165) is 24.5 Å². The molecule has 0 saturated carbocycles. The fraction of sp³-hybridized carbons (Fsp3) is 0.414. The minimum atomic E-state index is -0.723. The molecular weight excluding hydrogens is 510 g/mol. The Kier molecular flexibility index (Phi) is 7.83. The van der Waals surface area contributed by atoms with Crippen molar-refractivity contribution in [2.75, 3.05) is 43.4 Å². The number of primary amides is 1. The van der Waals surface area contributed by atoms with Gasteiger partial charge in [-0.15, -0.1) is 0 Å². The summed E-state index contributed by atoms with van der Waals surface area (Å²) in [5.41, 5.74) is 8.29. The number of nitrogens with zero attached hydrogens (tertiary/aromatic N) is 5. The number of carbonyl (C=O) groups excluding carboxylic acids is 1. The lowest BCUT2D eigenvalue weighted by Crippen LogP contribution is -2.46. The van der Waals surface area contributed by atoms with E-state index in [1.54, 1.807) is 6.07 Å². The summed E-state index contributed by atoms with van der Waals surface area (Å²) < 4.78 is 5.88. The highest BCUT2D eigenvalue weighted by Gasteiger charge is 2.36. The SMILES string of the molecule is CCc1nc(C(N)=O)c(Nc2ccc(N3CCC4(CCN(C)CC4)CC3)cc2)nc1Oc1cccc([N+](=O)[O-])c1. The van der Waals surface area contributed by atoms with Crippen LogP contribution in [-0.2, 0) is 6.42 Å². The van der Waals surface area contributed by atoms with E-state index in [1.807, 2.05) is 19.1 Å². The average molecular weight is 546 g/mol. The van der Waals surface area contributed by atoms with Crippen LogP contribution in [0.4, 0.5) is 22.9 Å². The summed E-state index contributed by atoms with van der Waals surface area (Å²) >= 11 is 0. The van der Waals surface area contributed by atoms with E-state index >= 15 is 0 Å². The second kappa shape index (κ2) is 11.5. The zero-order chi connectivity index (χ0) is 28.3. The molecule has 2 saturated heterocycles. The summed E-state index contributed by atoms with van der Waals surface area (Å²) in [4.78, 5) is 36.7. The van der Waals surface area contributed by atoms with Crippen LogP contribution in [0.3, 0.4) is 0 Å². The number of hydrogen-bond acceptors (Lipinski definition) is 9. The molecule has 3 N–H and O–H groups in total. The Morgan fingerprint density at radius 2 is 1.75 bits per heavy atom. The number of nitrogens with one attached hydrogen (secondary N) is 1. The van der Waals surface area contributed by atoms with E-state index in [0.29, 0.717) is 17.5 Å². The fourth-order valence-corrected chi connectivity index (χ4v) is 5.52. The maximum Gasteiger partial charge on any atom is 0.273 e. The van der Waals surface area contributed by atoms with Crippen molar-refractivity contribution in [3.05, 3.63) is 70.0 Å². The molecule has 0 aliphatic carbocycles. The van der Waals surface area contributed by atoms with Gasteiger partial charge in [-0.3, -0.25) is 14.9 Å². The van der Waals surface area contributed by atoms with Gasteiger partial charge in [0.1, 0.15) is 11.4 Å². The van der Waals surface area contributed by atoms with Gasteiger partial charge in [0.15, 0.2) is 11.5 Å². The summed E-state index contributed by atoms with van der Waals surface area (Å²) in [5.74, 6) is -0.188. The number of rotatable bonds is 8. The summed E-state index contributed by atoms with van der Waals surface area (Å²) in [6.07, 6.45) is 5.42. The first kappa shape index (κ1) is 27.3. The molecule has 40 heavy (non-hydrogen) atoms. The molecule has 2 aromatic carbocycles. The van der Waals surface area contributed by atoms with E-state index < -0.39 is 10.8 Å². The van der Waals surface area contributed by atoms with Gasteiger partial charge < -0.3 is 25.6 Å². The van der Waals surface area contributed by atoms with Crippen LogP contribution in [0.25, 0.3) is 0 Å². The molecule has 0 atom stereocenters. The van der Waals surface area contributed by atoms with E-state index in [-0.39, 0.29) is 28.8 Å². The van der Waals surface area contributed by atoms with Crippen LogP contribution in [0.1, 0.15) is 48.8 Å². The topological polar surface area (TPSA) is 140 Å². The number of aromatic nitrogens is 2. The summed E-state index contributed by atoms with van der Waals surface area (Å²) in [6.45, 7) is 6.31. The van der Waals surface area contributed by atoms with E-state index in [1.165, 1.54) is 57.0 Å². The van der Waals surface area contributed by atoms with Crippen LogP contribution in [0.2, 0.25) is 0 Å². The molecular formula is C29H35N7O4. The minimum Gasteiger partial charge on any atom is -0.437 e. The van der Waals surface area contributed by atoms with Gasteiger partial charge in [-0.2, -0.15) is 4.98 Å². The summed E-state index contributed by atoms with van der Waals surface area (Å²) in [5, 5.41) is 14.3. The first-order valence-corrected chi connectivity index (χ1v) is 13.7. The van der Waals surface area contributed by atoms with Crippen molar-refractivity contribution >= 4 is 28.8 Å². The molecule has 3 heterocycles. The van der Waals surface area contributed by atoms with Gasteiger partial charge in [-0.05, 0) is 88.0 Å². The van der Waals surface area contributed by atoms with E-state index in [2.05, 4.69) is 44.3 Å². The molecule has 0 bridgehead atoms. The van der Waals surface area contributed by atoms with Crippen LogP contribution in [0.15, 0.2) is 48.5 Å². The predicted molar refractivity (Wildman–Crippen MR) is 153 cm³/mol. The van der Waals surface area contributed by atoms with Gasteiger partial charge in [0.25, 0.3) is 11.6 Å². The Morgan fingerprint density at radius 3 is 2.38 bits per heavy atom. The number of amides is 1. The van der Waals surface area contributed by atoms with Gasteiger partial charge in [0.2, 0.25) is 5.88 Å². The van der Waals surface area contributed by atoms with Crippen LogP contribution >= 0.6 is 0 Å². The normalized spacial score (nSPS) is 17.0. The molecule has 0 unspecified atom stereocenters. The van der Waals surface area contributed by atoms with Crippen molar-refractivity contribution in [2.45, 2.75) is 39.0 Å². The number of nitro benzene ring substituents is 1. The lowest BCUT2D eigenvalue weighted by atomic mass is 9.71. The highest BCUT2D eigenvalue weighted by atomic mass is 16.6. The van der Waals surface area contributed by atoms with Gasteiger partial charge in [-0.1, -0.05) is 13.0 Å². The zero-order valence-electron chi connectivity index (χ0n) is 22.9. The Balaban J connectivity index is 1.32. The molecule has 1 amide bonds. The largest absolute Gasteiger partial charge is 0.437 e. The second-order valence-corrected chi connectivity index (χ2v) is 10.7. The Morgan fingerprint density at radius 1 is 1.07 bits per heavy atom. The molecule has 3 aromatic rings. The third kappa shape index (κ3) is 5.99. The van der Waals surface area contributed by atoms with Crippen LogP contribution in [0.5, 0.6) is 11.6 Å². The summed E-state index contributed by atoms with van der Waals surface area (Å²) in [7, 11) is 2.21. The zero-order valence-corrected chi connectivity index (χ0v) is 22.9. The van der Waals surface area contributed by atoms with Crippen molar-refractivity contribution in [3.63, 3.8) is 0 Å². The number of non-ortho nitro benzene ring substituents is 1. The first-order chi connectivity index (χ1) is 19.2. The van der Waals surface area contributed by atoms with Gasteiger partial charge in [0.05, 0.1) is 11.0 Å². The molecule has 2 aliphatic rings. The maximum absolute atomic E-state index is 12.2. The molecule has 1 spiro atoms. The third-order valence-electron chi connectivity index (χ3n) is 8.11. The highest BCUT2D eigenvalue weighted by molar-refractivity contribution is 5.96. The number of aryl methyl sites for hydroxylation is 1. The molecule has 210 valence electrons. The van der Waals surface area contributed by atoms with E-state index in [9.17, 15) is 14.9 Å². The van der Waals surface area contributed by atoms with Crippen molar-refractivity contribution in [1.82, 2.24) is 14.9 Å². The number of ether oxygens (including phenoxy) is 1. The van der Waals surface area contributed by atoms with Gasteiger partial charge in [-0.25, -0.2) is 4.98 Å².